The lowest BCUT2D eigenvalue weighted by atomic mass is 9.96. The van der Waals surface area contributed by atoms with Crippen LogP contribution in [0.1, 0.15) is 45.5 Å². The van der Waals surface area contributed by atoms with Crippen LogP contribution in [0.3, 0.4) is 0 Å². The van der Waals surface area contributed by atoms with E-state index in [0.29, 0.717) is 11.7 Å². The van der Waals surface area contributed by atoms with Gasteiger partial charge < -0.3 is 9.84 Å². The fraction of sp³-hybridized carbons (Fsp3) is 0.500. The number of carbonyl (C=O) groups is 1. The Balaban J connectivity index is 1.99. The van der Waals surface area contributed by atoms with Crippen LogP contribution in [0, 0.1) is 0 Å². The number of likely N-dealkylation sites (N-methyl/N-ethyl adjacent to an activating group) is 1. The molecule has 0 radical (unpaired) electrons. The number of thioether (sulfide) groups is 1. The molecule has 0 saturated carbocycles. The second-order valence-electron chi connectivity index (χ2n) is 7.05. The first-order chi connectivity index (χ1) is 11.7. The first-order valence-electron chi connectivity index (χ1n) is 8.19. The molecule has 0 aliphatic rings. The van der Waals surface area contributed by atoms with Crippen LogP contribution in [-0.4, -0.2) is 40.8 Å². The van der Waals surface area contributed by atoms with E-state index in [2.05, 4.69) is 15.5 Å². The summed E-state index contributed by atoms with van der Waals surface area (Å²) in [6.07, 6.45) is 1.99. The Morgan fingerprint density at radius 2 is 2.04 bits per heavy atom. The van der Waals surface area contributed by atoms with E-state index < -0.39 is 0 Å². The monoisotopic (exact) mass is 362 g/mol. The minimum Gasteiger partial charge on any atom is -0.338 e. The van der Waals surface area contributed by atoms with Gasteiger partial charge in [-0.3, -0.25) is 9.69 Å². The number of anilines is 1. The molecule has 0 bridgehead atoms. The molecule has 0 unspecified atom stereocenters. The number of nitrogens with zero attached hydrogens (tertiary/aromatic N) is 3. The van der Waals surface area contributed by atoms with E-state index in [1.54, 1.807) is 11.8 Å². The molecule has 1 amide bonds. The zero-order chi connectivity index (χ0) is 18.6. The SMILES string of the molecule is CSc1ccccc1NC(=O)CN(C)[C@H](C)c1nc(C(C)(C)C)no1. The summed E-state index contributed by atoms with van der Waals surface area (Å²) < 4.78 is 5.37. The fourth-order valence-corrected chi connectivity index (χ4v) is 2.75. The van der Waals surface area contributed by atoms with Crippen LogP contribution in [0.5, 0.6) is 0 Å². The van der Waals surface area contributed by atoms with Gasteiger partial charge in [0, 0.05) is 10.3 Å². The zero-order valence-corrected chi connectivity index (χ0v) is 16.5. The predicted octanol–water partition coefficient (Wildman–Crippen LogP) is 3.72. The topological polar surface area (TPSA) is 71.3 Å². The maximum absolute atomic E-state index is 12.4. The van der Waals surface area contributed by atoms with Gasteiger partial charge in [0.05, 0.1) is 18.3 Å². The minimum absolute atomic E-state index is 0.0774. The zero-order valence-electron chi connectivity index (χ0n) is 15.7. The van der Waals surface area contributed by atoms with Crippen molar-refractivity contribution in [2.45, 2.75) is 44.0 Å². The van der Waals surface area contributed by atoms with Crippen molar-refractivity contribution in [3.05, 3.63) is 36.0 Å². The Labute approximate surface area is 153 Å². The lowest BCUT2D eigenvalue weighted by molar-refractivity contribution is -0.117. The maximum atomic E-state index is 12.4. The van der Waals surface area contributed by atoms with Gasteiger partial charge in [-0.15, -0.1) is 11.8 Å². The number of amides is 1. The van der Waals surface area contributed by atoms with Crippen LogP contribution in [0.2, 0.25) is 0 Å². The van der Waals surface area contributed by atoms with E-state index in [4.69, 9.17) is 4.52 Å². The van der Waals surface area contributed by atoms with Gasteiger partial charge in [-0.1, -0.05) is 38.1 Å². The lowest BCUT2D eigenvalue weighted by Crippen LogP contribution is -2.32. The highest BCUT2D eigenvalue weighted by molar-refractivity contribution is 7.98. The lowest BCUT2D eigenvalue weighted by Gasteiger charge is -2.21. The van der Waals surface area contributed by atoms with Crippen molar-refractivity contribution in [2.75, 3.05) is 25.2 Å². The summed E-state index contributed by atoms with van der Waals surface area (Å²) in [5.74, 6) is 1.11. The number of nitrogens with one attached hydrogen (secondary N) is 1. The molecule has 0 aliphatic carbocycles. The summed E-state index contributed by atoms with van der Waals surface area (Å²) in [5, 5.41) is 7.00. The quantitative estimate of drug-likeness (QED) is 0.790. The van der Waals surface area contributed by atoms with Gasteiger partial charge in [-0.05, 0) is 32.4 Å². The molecule has 136 valence electrons. The van der Waals surface area contributed by atoms with Crippen molar-refractivity contribution in [1.29, 1.82) is 0 Å². The molecule has 7 heteroatoms. The maximum Gasteiger partial charge on any atom is 0.243 e. The second kappa shape index (κ2) is 8.01. The van der Waals surface area contributed by atoms with E-state index in [-0.39, 0.29) is 23.9 Å². The van der Waals surface area contributed by atoms with Crippen LogP contribution >= 0.6 is 11.8 Å². The number of carbonyl (C=O) groups excluding carboxylic acids is 1. The van der Waals surface area contributed by atoms with Crippen LogP contribution in [0.4, 0.5) is 5.69 Å². The highest BCUT2D eigenvalue weighted by Gasteiger charge is 2.25. The van der Waals surface area contributed by atoms with Crippen LogP contribution < -0.4 is 5.32 Å². The van der Waals surface area contributed by atoms with Gasteiger partial charge in [0.15, 0.2) is 5.82 Å². The molecule has 1 aromatic heterocycles. The Bertz CT molecular complexity index is 724. The van der Waals surface area contributed by atoms with Crippen molar-refractivity contribution in [3.63, 3.8) is 0 Å². The van der Waals surface area contributed by atoms with Gasteiger partial charge >= 0.3 is 0 Å². The Morgan fingerprint density at radius 1 is 1.36 bits per heavy atom. The van der Waals surface area contributed by atoms with Crippen LogP contribution in [0.15, 0.2) is 33.7 Å². The minimum atomic E-state index is -0.168. The molecule has 2 aromatic rings. The van der Waals surface area contributed by atoms with Gasteiger partial charge in [0.25, 0.3) is 0 Å². The average Bonchev–Trinajstić information content (AvgIpc) is 3.04. The molecular weight excluding hydrogens is 336 g/mol. The number of aromatic nitrogens is 2. The van der Waals surface area contributed by atoms with E-state index in [0.717, 1.165) is 10.6 Å². The average molecular weight is 362 g/mol. The van der Waals surface area contributed by atoms with Gasteiger partial charge in [-0.25, -0.2) is 0 Å². The molecule has 0 spiro atoms. The molecule has 1 aromatic carbocycles. The van der Waals surface area contributed by atoms with E-state index in [9.17, 15) is 4.79 Å². The summed E-state index contributed by atoms with van der Waals surface area (Å²) in [7, 11) is 1.87. The summed E-state index contributed by atoms with van der Waals surface area (Å²) in [5.41, 5.74) is 0.660. The molecule has 0 aliphatic heterocycles. The van der Waals surface area contributed by atoms with Crippen LogP contribution in [-0.2, 0) is 10.2 Å². The molecule has 0 saturated heterocycles. The third kappa shape index (κ3) is 5.06. The summed E-state index contributed by atoms with van der Waals surface area (Å²) in [4.78, 5) is 19.8. The molecule has 0 fully saturated rings. The number of benzene rings is 1. The van der Waals surface area contributed by atoms with Gasteiger partial charge in [0.1, 0.15) is 0 Å². The van der Waals surface area contributed by atoms with Gasteiger partial charge in [-0.2, -0.15) is 4.98 Å². The highest BCUT2D eigenvalue weighted by atomic mass is 32.2. The van der Waals surface area contributed by atoms with Crippen molar-refractivity contribution in [1.82, 2.24) is 15.0 Å². The van der Waals surface area contributed by atoms with Crippen molar-refractivity contribution < 1.29 is 9.32 Å². The Kier molecular flexibility index (Phi) is 6.24. The summed E-state index contributed by atoms with van der Waals surface area (Å²) in [6.45, 7) is 8.28. The summed E-state index contributed by atoms with van der Waals surface area (Å²) >= 11 is 1.60. The molecule has 25 heavy (non-hydrogen) atoms. The normalized spacial score (nSPS) is 13.1. The van der Waals surface area contributed by atoms with E-state index in [1.807, 2.05) is 70.2 Å². The number of rotatable bonds is 6. The number of hydrogen-bond donors (Lipinski definition) is 1. The number of hydrogen-bond acceptors (Lipinski definition) is 6. The summed E-state index contributed by atoms with van der Waals surface area (Å²) in [6, 6.07) is 7.61. The highest BCUT2D eigenvalue weighted by Crippen LogP contribution is 2.25. The van der Waals surface area contributed by atoms with Crippen molar-refractivity contribution >= 4 is 23.4 Å². The Morgan fingerprint density at radius 3 is 2.64 bits per heavy atom. The molecule has 2 rings (SSSR count). The Hall–Kier alpha value is -1.86. The molecule has 6 nitrogen and oxygen atoms in total. The van der Waals surface area contributed by atoms with E-state index in [1.165, 1.54) is 0 Å². The standard InChI is InChI=1S/C18H26N4O2S/c1-12(16-20-17(21-24-16)18(2,3)4)22(5)11-15(23)19-13-9-7-8-10-14(13)25-6/h7-10,12H,11H2,1-6H3,(H,19,23)/t12-/m1/s1. The van der Waals surface area contributed by atoms with Gasteiger partial charge in [0.2, 0.25) is 11.8 Å². The smallest absolute Gasteiger partial charge is 0.243 e. The second-order valence-corrected chi connectivity index (χ2v) is 7.89. The number of para-hydroxylation sites is 1. The predicted molar refractivity (Wildman–Crippen MR) is 101 cm³/mol. The van der Waals surface area contributed by atoms with Crippen molar-refractivity contribution in [2.24, 2.45) is 0 Å². The molecule has 1 atom stereocenters. The molecular formula is C18H26N4O2S. The third-order valence-corrected chi connectivity index (χ3v) is 4.70. The first kappa shape index (κ1) is 19.5. The first-order valence-corrected chi connectivity index (χ1v) is 9.42. The largest absolute Gasteiger partial charge is 0.338 e. The van der Waals surface area contributed by atoms with E-state index >= 15 is 0 Å². The van der Waals surface area contributed by atoms with Crippen molar-refractivity contribution in [3.8, 4) is 0 Å². The molecule has 1 N–H and O–H groups in total. The third-order valence-electron chi connectivity index (χ3n) is 3.91. The van der Waals surface area contributed by atoms with Crippen LogP contribution in [0.25, 0.3) is 0 Å². The fourth-order valence-electron chi connectivity index (χ4n) is 2.20. The molecule has 1 heterocycles.